The van der Waals surface area contributed by atoms with Gasteiger partial charge in [0.05, 0.1) is 29.9 Å². The molecule has 5 atom stereocenters. The lowest BCUT2D eigenvalue weighted by atomic mass is 9.99. The molecule has 0 aromatic rings. The summed E-state index contributed by atoms with van der Waals surface area (Å²) in [6.45, 7) is 36.9. The SMILES string of the molecule is CC(C)(C)[Si](C)(C)C(O)[C@@H](O)[C@@](O)([C@](O)([C@@](O)(C(=O)F)[Si](C)(C)C(C)(C)C)[Si](C)(C)C(C)(C)C)[Si](C)(C)C(C)(C)C. The van der Waals surface area contributed by atoms with Gasteiger partial charge in [-0.1, -0.05) is 135 Å². The highest BCUT2D eigenvalue weighted by Crippen LogP contribution is 2.63. The van der Waals surface area contributed by atoms with Crippen molar-refractivity contribution in [2.45, 2.75) is 183 Å². The highest BCUT2D eigenvalue weighted by molar-refractivity contribution is 6.94. The Kier molecular flexibility index (Phi) is 11.0. The number of hydrogen-bond donors (Lipinski definition) is 5. The maximum Gasteiger partial charge on any atom is 0.331 e. The van der Waals surface area contributed by atoms with Gasteiger partial charge in [0.25, 0.3) is 0 Å². The predicted octanol–water partition coefficient (Wildman–Crippen LogP) is 6.59. The molecule has 0 amide bonds. The minimum atomic E-state index is -3.67. The molecule has 5 N–H and O–H groups in total. The van der Waals surface area contributed by atoms with Crippen LogP contribution in [0, 0.1) is 0 Å². The minimum Gasteiger partial charge on any atom is -0.394 e. The highest BCUT2D eigenvalue weighted by Gasteiger charge is 2.84. The molecule has 0 saturated heterocycles. The van der Waals surface area contributed by atoms with Crippen LogP contribution in [0.25, 0.3) is 0 Å². The maximum atomic E-state index is 16.1. The molecule has 0 heterocycles. The highest BCUT2D eigenvalue weighted by atomic mass is 28.3. The Morgan fingerprint density at radius 3 is 1.07 bits per heavy atom. The van der Waals surface area contributed by atoms with Crippen LogP contribution < -0.4 is 0 Å². The van der Waals surface area contributed by atoms with Crippen LogP contribution in [0.1, 0.15) is 83.1 Å². The quantitative estimate of drug-likeness (QED) is 0.141. The molecule has 0 saturated carbocycles. The van der Waals surface area contributed by atoms with Crippen molar-refractivity contribution in [3.63, 3.8) is 0 Å². The van der Waals surface area contributed by atoms with Crippen molar-refractivity contribution in [3.05, 3.63) is 0 Å². The Balaban J connectivity index is 8.97. The molecule has 0 aromatic heterocycles. The van der Waals surface area contributed by atoms with Crippen LogP contribution in [0.15, 0.2) is 0 Å². The molecule has 246 valence electrons. The van der Waals surface area contributed by atoms with Crippen molar-refractivity contribution in [2.75, 3.05) is 0 Å². The Morgan fingerprint density at radius 2 is 0.854 bits per heavy atom. The molecule has 0 bridgehead atoms. The standard InChI is InChI=1S/C30H67FO6Si4/c1-24(2,3)38(13,14)22(33)21(32)28(35,39(15,16)25(4,5)6)30(37,41(19,20)27(10,11)12)29(36,23(31)34)40(17,18)26(7,8)9/h21-22,32-33,35-37H,1-20H3/t21-,22?,28+,29-,30-/m1/s1. The molecule has 0 fully saturated rings. The van der Waals surface area contributed by atoms with E-state index in [1.807, 2.05) is 109 Å². The average Bonchev–Trinajstić information content (AvgIpc) is 2.72. The van der Waals surface area contributed by atoms with Gasteiger partial charge in [-0.25, -0.2) is 0 Å². The van der Waals surface area contributed by atoms with Crippen LogP contribution in [0.3, 0.4) is 0 Å². The van der Waals surface area contributed by atoms with Crippen molar-refractivity contribution in [3.8, 4) is 0 Å². The first kappa shape index (κ1) is 41.3. The Morgan fingerprint density at radius 1 is 0.561 bits per heavy atom. The lowest BCUT2D eigenvalue weighted by molar-refractivity contribution is -0.206. The van der Waals surface area contributed by atoms with Crippen LogP contribution in [0.2, 0.25) is 72.5 Å². The van der Waals surface area contributed by atoms with Crippen LogP contribution in [0.4, 0.5) is 4.39 Å². The average molecular weight is 655 g/mol. The third kappa shape index (κ3) is 5.53. The molecule has 0 aliphatic heterocycles. The smallest absolute Gasteiger partial charge is 0.331 e. The summed E-state index contributed by atoms with van der Waals surface area (Å²) in [7, 11) is -13.7. The van der Waals surface area contributed by atoms with Gasteiger partial charge in [0, 0.05) is 0 Å². The van der Waals surface area contributed by atoms with Gasteiger partial charge in [0.1, 0.15) is 24.6 Å². The molecule has 0 spiro atoms. The first-order chi connectivity index (χ1) is 17.3. The monoisotopic (exact) mass is 654 g/mol. The van der Waals surface area contributed by atoms with E-state index >= 15 is 4.39 Å². The summed E-state index contributed by atoms with van der Waals surface area (Å²) in [5.74, 6) is 0. The second kappa shape index (κ2) is 11.0. The third-order valence-electron chi connectivity index (χ3n) is 13.1. The number of rotatable bonds is 9. The summed E-state index contributed by atoms with van der Waals surface area (Å²) in [6.07, 6.45) is -1.96. The zero-order chi connectivity index (χ0) is 34.2. The van der Waals surface area contributed by atoms with Gasteiger partial charge in [-0.2, -0.15) is 4.39 Å². The van der Waals surface area contributed by atoms with Crippen LogP contribution in [-0.2, 0) is 4.79 Å². The molecule has 11 heteroatoms. The second-order valence-corrected chi connectivity index (χ2v) is 40.9. The number of aliphatic hydroxyl groups excluding tert-OH is 2. The van der Waals surface area contributed by atoms with E-state index in [9.17, 15) is 30.3 Å². The largest absolute Gasteiger partial charge is 0.394 e. The van der Waals surface area contributed by atoms with Gasteiger partial charge in [-0.05, 0) is 20.2 Å². The topological polar surface area (TPSA) is 118 Å². The molecule has 0 aliphatic rings. The van der Waals surface area contributed by atoms with Gasteiger partial charge in [0.15, 0.2) is 5.22 Å². The maximum absolute atomic E-state index is 16.1. The Bertz CT molecular complexity index is 971. The van der Waals surface area contributed by atoms with Gasteiger partial charge in [0.2, 0.25) is 0 Å². The molecular weight excluding hydrogens is 588 g/mol. The number of aliphatic hydroxyl groups is 5. The van der Waals surface area contributed by atoms with Crippen molar-refractivity contribution < 1.29 is 34.7 Å². The fourth-order valence-corrected chi connectivity index (χ4v) is 20.8. The van der Waals surface area contributed by atoms with Crippen molar-refractivity contribution >= 4 is 38.3 Å². The van der Waals surface area contributed by atoms with E-state index in [0.29, 0.717) is 0 Å². The fourth-order valence-electron chi connectivity index (χ4n) is 5.80. The second-order valence-electron chi connectivity index (χ2n) is 18.9. The number of carbonyl (C=O) groups excluding carboxylic acids is 1. The van der Waals surface area contributed by atoms with Gasteiger partial charge < -0.3 is 25.5 Å². The van der Waals surface area contributed by atoms with E-state index in [4.69, 9.17) is 0 Å². The molecule has 41 heavy (non-hydrogen) atoms. The first-order valence-electron chi connectivity index (χ1n) is 15.0. The van der Waals surface area contributed by atoms with E-state index in [-0.39, 0.29) is 0 Å². The van der Waals surface area contributed by atoms with Gasteiger partial charge >= 0.3 is 6.04 Å². The van der Waals surface area contributed by atoms with E-state index in [1.165, 1.54) is 0 Å². The van der Waals surface area contributed by atoms with Gasteiger partial charge in [-0.15, -0.1) is 0 Å². The van der Waals surface area contributed by atoms with Crippen LogP contribution in [0.5, 0.6) is 0 Å². The Hall–Kier alpha value is 0.268. The molecule has 1 unspecified atom stereocenters. The lowest BCUT2D eigenvalue weighted by Crippen LogP contribution is -2.95. The number of halogens is 1. The molecule has 0 radical (unpaired) electrons. The third-order valence-corrected chi connectivity index (χ3v) is 38.0. The van der Waals surface area contributed by atoms with Crippen molar-refractivity contribution in [1.29, 1.82) is 0 Å². The van der Waals surface area contributed by atoms with E-state index in [1.54, 1.807) is 26.2 Å². The zero-order valence-electron chi connectivity index (χ0n) is 30.2. The summed E-state index contributed by atoms with van der Waals surface area (Å²) >= 11 is 0. The van der Waals surface area contributed by atoms with E-state index in [2.05, 4.69) is 0 Å². The van der Waals surface area contributed by atoms with Crippen LogP contribution in [-0.4, -0.2) is 91.4 Å². The Labute approximate surface area is 255 Å². The van der Waals surface area contributed by atoms with Crippen LogP contribution >= 0.6 is 0 Å². The van der Waals surface area contributed by atoms with Crippen molar-refractivity contribution in [2.24, 2.45) is 0 Å². The number of carbonyl (C=O) groups is 1. The fraction of sp³-hybridized carbons (Fsp3) is 0.967. The molecule has 0 aliphatic carbocycles. The number of hydrogen-bond acceptors (Lipinski definition) is 6. The van der Waals surface area contributed by atoms with Crippen molar-refractivity contribution in [1.82, 2.24) is 0 Å². The molecule has 6 nitrogen and oxygen atoms in total. The summed E-state index contributed by atoms with van der Waals surface area (Å²) in [6, 6.07) is -2.09. The van der Waals surface area contributed by atoms with E-state index < -0.39 is 86.0 Å². The van der Waals surface area contributed by atoms with Gasteiger partial charge in [-0.3, -0.25) is 4.79 Å². The summed E-state index contributed by atoms with van der Waals surface area (Å²) < 4.78 is 16.1. The normalized spacial score (nSPS) is 21.4. The first-order valence-corrected chi connectivity index (χ1v) is 27.1. The summed E-state index contributed by atoms with van der Waals surface area (Å²) in [5.41, 5.74) is -1.46. The lowest BCUT2D eigenvalue weighted by Gasteiger charge is -2.70. The molecular formula is C30H67FO6Si4. The predicted molar refractivity (Wildman–Crippen MR) is 182 cm³/mol. The zero-order valence-corrected chi connectivity index (χ0v) is 34.2. The summed E-state index contributed by atoms with van der Waals surface area (Å²) in [4.78, 5) is 13.5. The minimum absolute atomic E-state index is 0.428. The molecule has 0 aromatic carbocycles. The molecule has 0 rings (SSSR count). The van der Waals surface area contributed by atoms with E-state index in [0.717, 1.165) is 0 Å². The summed E-state index contributed by atoms with van der Waals surface area (Å²) in [5, 5.41) is 53.6.